The van der Waals surface area contributed by atoms with Gasteiger partial charge in [-0.2, -0.15) is 4.31 Å². The van der Waals surface area contributed by atoms with Crippen molar-refractivity contribution < 1.29 is 18.3 Å². The van der Waals surface area contributed by atoms with Crippen molar-refractivity contribution in [2.75, 3.05) is 6.54 Å². The maximum absolute atomic E-state index is 12.3. The Morgan fingerprint density at radius 2 is 2.22 bits per heavy atom. The number of aliphatic carboxylic acids is 1. The van der Waals surface area contributed by atoms with E-state index in [0.29, 0.717) is 12.8 Å². The lowest BCUT2D eigenvalue weighted by Crippen LogP contribution is -2.40. The molecule has 1 saturated heterocycles. The molecule has 2 heterocycles. The summed E-state index contributed by atoms with van der Waals surface area (Å²) >= 11 is 5.69. The fourth-order valence-corrected chi connectivity index (χ4v) is 3.82. The van der Waals surface area contributed by atoms with Crippen LogP contribution in [0.25, 0.3) is 0 Å². The lowest BCUT2D eigenvalue weighted by molar-refractivity contribution is -0.140. The van der Waals surface area contributed by atoms with Crippen molar-refractivity contribution in [1.82, 2.24) is 9.29 Å². The largest absolute Gasteiger partial charge is 0.480 e. The van der Waals surface area contributed by atoms with Gasteiger partial charge in [-0.25, -0.2) is 8.42 Å². The van der Waals surface area contributed by atoms with Gasteiger partial charge in [-0.15, -0.1) is 0 Å². The minimum atomic E-state index is -3.85. The van der Waals surface area contributed by atoms with Crippen molar-refractivity contribution in [1.29, 1.82) is 0 Å². The third-order valence-corrected chi connectivity index (χ3v) is 4.86. The Morgan fingerprint density at radius 1 is 1.50 bits per heavy atom. The standard InChI is InChI=1S/C10H11ClN2O4S/c11-7-4-8(6-12-5-7)18(16,17)13-3-1-2-9(13)10(14)15/h4-6,9H,1-3H2,(H,14,15)/t9-/m1/s1. The Morgan fingerprint density at radius 3 is 2.83 bits per heavy atom. The smallest absolute Gasteiger partial charge is 0.322 e. The number of halogens is 1. The molecule has 0 aromatic carbocycles. The van der Waals surface area contributed by atoms with Crippen molar-refractivity contribution in [3.05, 3.63) is 23.5 Å². The fourth-order valence-electron chi connectivity index (χ4n) is 1.94. The van der Waals surface area contributed by atoms with Crippen LogP contribution >= 0.6 is 11.6 Å². The quantitative estimate of drug-likeness (QED) is 0.896. The molecule has 8 heteroatoms. The van der Waals surface area contributed by atoms with E-state index in [-0.39, 0.29) is 16.5 Å². The summed E-state index contributed by atoms with van der Waals surface area (Å²) in [5, 5.41) is 9.20. The van der Waals surface area contributed by atoms with Crippen molar-refractivity contribution in [3.8, 4) is 0 Å². The number of nitrogens with zero attached hydrogens (tertiary/aromatic N) is 2. The maximum atomic E-state index is 12.3. The first kappa shape index (κ1) is 13.3. The summed E-state index contributed by atoms with van der Waals surface area (Å²) in [6.07, 6.45) is 3.34. The van der Waals surface area contributed by atoms with Crippen molar-refractivity contribution in [3.63, 3.8) is 0 Å². The van der Waals surface area contributed by atoms with E-state index in [2.05, 4.69) is 4.98 Å². The third-order valence-electron chi connectivity index (χ3n) is 2.78. The summed E-state index contributed by atoms with van der Waals surface area (Å²) in [5.74, 6) is -1.13. The summed E-state index contributed by atoms with van der Waals surface area (Å²) in [7, 11) is -3.85. The van der Waals surface area contributed by atoms with Gasteiger partial charge in [0, 0.05) is 18.9 Å². The van der Waals surface area contributed by atoms with E-state index >= 15 is 0 Å². The number of hydrogen-bond donors (Lipinski definition) is 1. The van der Waals surface area contributed by atoms with Gasteiger partial charge >= 0.3 is 5.97 Å². The Hall–Kier alpha value is -1.18. The molecule has 18 heavy (non-hydrogen) atoms. The molecule has 0 aliphatic carbocycles. The second-order valence-corrected chi connectivity index (χ2v) is 6.28. The van der Waals surface area contributed by atoms with Crippen LogP contribution in [0.4, 0.5) is 0 Å². The Kier molecular flexibility index (Phi) is 3.56. The molecule has 98 valence electrons. The van der Waals surface area contributed by atoms with Gasteiger partial charge < -0.3 is 5.11 Å². The fraction of sp³-hybridized carbons (Fsp3) is 0.400. The van der Waals surface area contributed by atoms with Crippen LogP contribution in [-0.2, 0) is 14.8 Å². The molecule has 6 nitrogen and oxygen atoms in total. The molecular formula is C10H11ClN2O4S. The Bertz CT molecular complexity index is 575. The maximum Gasteiger partial charge on any atom is 0.322 e. The van der Waals surface area contributed by atoms with Gasteiger partial charge in [-0.05, 0) is 18.9 Å². The van der Waals surface area contributed by atoms with E-state index in [1.54, 1.807) is 0 Å². The summed E-state index contributed by atoms with van der Waals surface area (Å²) < 4.78 is 25.5. The zero-order chi connectivity index (χ0) is 13.3. The highest BCUT2D eigenvalue weighted by Crippen LogP contribution is 2.26. The molecular weight excluding hydrogens is 280 g/mol. The minimum absolute atomic E-state index is 0.0804. The lowest BCUT2D eigenvalue weighted by Gasteiger charge is -2.20. The number of carboxylic acid groups (broad SMARTS) is 1. The summed E-state index contributed by atoms with van der Waals surface area (Å²) in [6.45, 7) is 0.200. The summed E-state index contributed by atoms with van der Waals surface area (Å²) in [5.41, 5.74) is 0. The topological polar surface area (TPSA) is 87.6 Å². The van der Waals surface area contributed by atoms with Crippen LogP contribution in [0.5, 0.6) is 0 Å². The third kappa shape index (κ3) is 2.33. The first-order valence-electron chi connectivity index (χ1n) is 5.28. The second kappa shape index (κ2) is 4.83. The van der Waals surface area contributed by atoms with Gasteiger partial charge in [0.05, 0.1) is 5.02 Å². The normalized spacial score (nSPS) is 21.1. The average molecular weight is 291 g/mol. The van der Waals surface area contributed by atoms with Gasteiger partial charge in [0.2, 0.25) is 10.0 Å². The van der Waals surface area contributed by atoms with Gasteiger partial charge in [0.25, 0.3) is 0 Å². The molecule has 0 radical (unpaired) electrons. The molecule has 1 atom stereocenters. The molecule has 0 unspecified atom stereocenters. The number of hydrogen-bond acceptors (Lipinski definition) is 4. The number of sulfonamides is 1. The Labute approximate surface area is 109 Å². The number of carboxylic acids is 1. The molecule has 1 aromatic heterocycles. The highest BCUT2D eigenvalue weighted by Gasteiger charge is 2.39. The molecule has 1 fully saturated rings. The van der Waals surface area contributed by atoms with Crippen LogP contribution in [0, 0.1) is 0 Å². The zero-order valence-corrected chi connectivity index (χ0v) is 10.9. The SMILES string of the molecule is O=C(O)[C@H]1CCCN1S(=O)(=O)c1cncc(Cl)c1. The van der Waals surface area contributed by atoms with Gasteiger partial charge in [0.1, 0.15) is 10.9 Å². The molecule has 1 aliphatic heterocycles. The summed E-state index contributed by atoms with van der Waals surface area (Å²) in [4.78, 5) is 14.6. The first-order valence-corrected chi connectivity index (χ1v) is 7.10. The van der Waals surface area contributed by atoms with Gasteiger partial charge in [-0.1, -0.05) is 11.6 Å². The van der Waals surface area contributed by atoms with Crippen LogP contribution < -0.4 is 0 Å². The van der Waals surface area contributed by atoms with Crippen molar-refractivity contribution >= 4 is 27.6 Å². The molecule has 1 aromatic rings. The zero-order valence-electron chi connectivity index (χ0n) is 9.28. The number of pyridine rings is 1. The van der Waals surface area contributed by atoms with E-state index in [9.17, 15) is 13.2 Å². The predicted octanol–water partition coefficient (Wildman–Crippen LogP) is 0.973. The minimum Gasteiger partial charge on any atom is -0.480 e. The van der Waals surface area contributed by atoms with Crippen molar-refractivity contribution in [2.24, 2.45) is 0 Å². The predicted molar refractivity (Wildman–Crippen MR) is 63.8 cm³/mol. The second-order valence-electron chi connectivity index (χ2n) is 3.95. The van der Waals surface area contributed by atoms with Crippen LogP contribution in [0.2, 0.25) is 5.02 Å². The van der Waals surface area contributed by atoms with Crippen LogP contribution in [0.3, 0.4) is 0 Å². The van der Waals surface area contributed by atoms with E-state index in [1.807, 2.05) is 0 Å². The molecule has 0 amide bonds. The first-order chi connectivity index (χ1) is 8.43. The van der Waals surface area contributed by atoms with E-state index in [1.165, 1.54) is 18.5 Å². The number of carbonyl (C=O) groups is 1. The van der Waals surface area contributed by atoms with Crippen LogP contribution in [0.1, 0.15) is 12.8 Å². The van der Waals surface area contributed by atoms with E-state index in [0.717, 1.165) is 4.31 Å². The molecule has 0 spiro atoms. The number of aromatic nitrogens is 1. The molecule has 0 bridgehead atoms. The lowest BCUT2D eigenvalue weighted by atomic mass is 10.2. The average Bonchev–Trinajstić information content (AvgIpc) is 2.78. The van der Waals surface area contributed by atoms with E-state index < -0.39 is 22.0 Å². The monoisotopic (exact) mass is 290 g/mol. The molecule has 1 N–H and O–H groups in total. The molecule has 0 saturated carbocycles. The highest BCUT2D eigenvalue weighted by molar-refractivity contribution is 7.89. The van der Waals surface area contributed by atoms with Crippen LogP contribution in [-0.4, -0.2) is 41.4 Å². The van der Waals surface area contributed by atoms with Gasteiger partial charge in [-0.3, -0.25) is 9.78 Å². The molecule has 2 rings (SSSR count). The highest BCUT2D eigenvalue weighted by atomic mass is 35.5. The van der Waals surface area contributed by atoms with E-state index in [4.69, 9.17) is 16.7 Å². The van der Waals surface area contributed by atoms with Crippen LogP contribution in [0.15, 0.2) is 23.4 Å². The molecule has 1 aliphatic rings. The Balaban J connectivity index is 2.40. The van der Waals surface area contributed by atoms with Gasteiger partial charge in [0.15, 0.2) is 0 Å². The summed E-state index contributed by atoms with van der Waals surface area (Å²) in [6, 6.07) is 0.259. The number of rotatable bonds is 3. The van der Waals surface area contributed by atoms with Crippen molar-refractivity contribution in [2.45, 2.75) is 23.8 Å².